The minimum Gasteiger partial charge on any atom is -0.494 e. The highest BCUT2D eigenvalue weighted by Crippen LogP contribution is 2.18. The number of aromatic carboxylic acids is 1. The summed E-state index contributed by atoms with van der Waals surface area (Å²) < 4.78 is 18.0. The van der Waals surface area contributed by atoms with Crippen molar-refractivity contribution in [3.8, 4) is 5.75 Å². The van der Waals surface area contributed by atoms with Crippen molar-refractivity contribution in [1.82, 2.24) is 0 Å². The molecule has 0 aliphatic heterocycles. The van der Waals surface area contributed by atoms with E-state index in [0.717, 1.165) is 19.2 Å². The summed E-state index contributed by atoms with van der Waals surface area (Å²) in [5.41, 5.74) is -0.809. The van der Waals surface area contributed by atoms with Crippen molar-refractivity contribution in [3.05, 3.63) is 23.5 Å². The lowest BCUT2D eigenvalue weighted by molar-refractivity contribution is 0.0691. The highest BCUT2D eigenvalue weighted by molar-refractivity contribution is 6.59. The summed E-state index contributed by atoms with van der Waals surface area (Å²) in [5.74, 6) is -3.06. The third-order valence-corrected chi connectivity index (χ3v) is 1.84. The molecule has 7 heteroatoms. The molecule has 0 fully saturated rings. The number of hydrogen-bond acceptors (Lipinski definition) is 4. The molecule has 0 atom stereocenters. The Morgan fingerprint density at radius 2 is 2.07 bits per heavy atom. The fourth-order valence-corrected chi connectivity index (χ4v) is 1.15. The van der Waals surface area contributed by atoms with Crippen LogP contribution in [0.5, 0.6) is 5.75 Å². The van der Waals surface area contributed by atoms with Gasteiger partial charge in [0.15, 0.2) is 11.6 Å². The average molecular weight is 214 g/mol. The van der Waals surface area contributed by atoms with Crippen molar-refractivity contribution in [2.45, 2.75) is 0 Å². The Kier molecular flexibility index (Phi) is 3.28. The Morgan fingerprint density at radius 3 is 2.47 bits per heavy atom. The first-order valence-corrected chi connectivity index (χ1v) is 3.94. The summed E-state index contributed by atoms with van der Waals surface area (Å²) in [6.07, 6.45) is 0. The fraction of sp³-hybridized carbons (Fsp3) is 0.125. The van der Waals surface area contributed by atoms with Gasteiger partial charge in [-0.2, -0.15) is 0 Å². The second-order valence-corrected chi connectivity index (χ2v) is 2.73. The van der Waals surface area contributed by atoms with Gasteiger partial charge in [-0.1, -0.05) is 6.07 Å². The summed E-state index contributed by atoms with van der Waals surface area (Å²) >= 11 is 0. The van der Waals surface area contributed by atoms with E-state index >= 15 is 0 Å². The van der Waals surface area contributed by atoms with Crippen molar-refractivity contribution in [2.75, 3.05) is 7.11 Å². The van der Waals surface area contributed by atoms with Gasteiger partial charge in [0.25, 0.3) is 0 Å². The van der Waals surface area contributed by atoms with Gasteiger partial charge >= 0.3 is 13.1 Å². The molecule has 5 nitrogen and oxygen atoms in total. The van der Waals surface area contributed by atoms with E-state index in [1.54, 1.807) is 0 Å². The van der Waals surface area contributed by atoms with Gasteiger partial charge in [-0.15, -0.1) is 0 Å². The van der Waals surface area contributed by atoms with Gasteiger partial charge in [0, 0.05) is 5.46 Å². The van der Waals surface area contributed by atoms with Gasteiger partial charge in [0.05, 0.1) is 12.7 Å². The van der Waals surface area contributed by atoms with Gasteiger partial charge in [-0.3, -0.25) is 0 Å². The maximum absolute atomic E-state index is 13.4. The molecule has 3 N–H and O–H groups in total. The van der Waals surface area contributed by atoms with Crippen LogP contribution < -0.4 is 10.2 Å². The number of halogens is 1. The van der Waals surface area contributed by atoms with Gasteiger partial charge in [-0.25, -0.2) is 9.18 Å². The van der Waals surface area contributed by atoms with E-state index in [1.807, 2.05) is 0 Å². The third-order valence-electron chi connectivity index (χ3n) is 1.84. The Labute approximate surface area is 84.9 Å². The van der Waals surface area contributed by atoms with Crippen LogP contribution in [0.3, 0.4) is 0 Å². The van der Waals surface area contributed by atoms with Crippen LogP contribution in [-0.4, -0.2) is 35.4 Å². The van der Waals surface area contributed by atoms with Crippen LogP contribution in [0.1, 0.15) is 10.4 Å². The first-order chi connectivity index (χ1) is 6.99. The lowest BCUT2D eigenvalue weighted by Gasteiger charge is -2.09. The summed E-state index contributed by atoms with van der Waals surface area (Å²) in [6.45, 7) is 0. The number of methoxy groups -OCH3 is 1. The molecule has 80 valence electrons. The molecule has 0 spiro atoms. The van der Waals surface area contributed by atoms with Crippen LogP contribution in [0.2, 0.25) is 0 Å². The quantitative estimate of drug-likeness (QED) is 0.574. The molecule has 0 aromatic heterocycles. The molecule has 0 saturated carbocycles. The number of carboxylic acid groups (broad SMARTS) is 1. The Hall–Kier alpha value is -1.60. The second-order valence-electron chi connectivity index (χ2n) is 2.73. The van der Waals surface area contributed by atoms with Gasteiger partial charge < -0.3 is 19.9 Å². The maximum Gasteiger partial charge on any atom is 0.492 e. The van der Waals surface area contributed by atoms with Crippen molar-refractivity contribution < 1.29 is 29.1 Å². The zero-order valence-electron chi connectivity index (χ0n) is 7.77. The molecule has 15 heavy (non-hydrogen) atoms. The SMILES string of the molecule is COc1c(B(O)O)ccc(C(=O)O)c1F. The Bertz CT molecular complexity index is 393. The molecule has 1 rings (SSSR count). The number of ether oxygens (including phenoxy) is 1. The molecule has 0 saturated heterocycles. The molecule has 0 radical (unpaired) electrons. The largest absolute Gasteiger partial charge is 0.494 e. The predicted octanol–water partition coefficient (Wildman–Crippen LogP) is -0.788. The summed E-state index contributed by atoms with van der Waals surface area (Å²) in [7, 11) is -0.812. The lowest BCUT2D eigenvalue weighted by atomic mass is 9.79. The van der Waals surface area contributed by atoms with Crippen LogP contribution in [0, 0.1) is 5.82 Å². The smallest absolute Gasteiger partial charge is 0.492 e. The molecule has 1 aromatic carbocycles. The molecule has 1 aromatic rings. The molecule has 0 heterocycles. The van der Waals surface area contributed by atoms with Crippen molar-refractivity contribution in [3.63, 3.8) is 0 Å². The lowest BCUT2D eigenvalue weighted by Crippen LogP contribution is -2.32. The minimum atomic E-state index is -1.92. The summed E-state index contributed by atoms with van der Waals surface area (Å²) in [4.78, 5) is 10.6. The summed E-state index contributed by atoms with van der Waals surface area (Å²) in [5, 5.41) is 26.3. The highest BCUT2D eigenvalue weighted by atomic mass is 19.1. The van der Waals surface area contributed by atoms with Crippen LogP contribution in [-0.2, 0) is 0 Å². The first-order valence-electron chi connectivity index (χ1n) is 3.94. The summed E-state index contributed by atoms with van der Waals surface area (Å²) in [6, 6.07) is 2.02. The van der Waals surface area contributed by atoms with Crippen molar-refractivity contribution in [2.24, 2.45) is 0 Å². The third kappa shape index (κ3) is 2.08. The topological polar surface area (TPSA) is 87.0 Å². The van der Waals surface area contributed by atoms with E-state index in [9.17, 15) is 9.18 Å². The number of carboxylic acids is 1. The number of hydrogen-bond donors (Lipinski definition) is 3. The standard InChI is InChI=1S/C8H8BFO5/c1-15-7-5(9(13)14)3-2-4(6(7)10)8(11)12/h2-3,13-14H,1H3,(H,11,12). The van der Waals surface area contributed by atoms with E-state index in [2.05, 4.69) is 4.74 Å². The van der Waals surface area contributed by atoms with Crippen molar-refractivity contribution >= 4 is 18.6 Å². The van der Waals surface area contributed by atoms with Crippen LogP contribution in [0.25, 0.3) is 0 Å². The van der Waals surface area contributed by atoms with E-state index in [-0.39, 0.29) is 5.46 Å². The van der Waals surface area contributed by atoms with Crippen LogP contribution >= 0.6 is 0 Å². The van der Waals surface area contributed by atoms with Gasteiger partial charge in [-0.05, 0) is 6.07 Å². The number of rotatable bonds is 3. The highest BCUT2D eigenvalue weighted by Gasteiger charge is 2.24. The average Bonchev–Trinajstić information content (AvgIpc) is 2.16. The second kappa shape index (κ2) is 4.29. The molecule has 0 bridgehead atoms. The molecular weight excluding hydrogens is 206 g/mol. The Balaban J connectivity index is 3.39. The zero-order valence-corrected chi connectivity index (χ0v) is 7.77. The van der Waals surface area contributed by atoms with E-state index in [4.69, 9.17) is 15.2 Å². The van der Waals surface area contributed by atoms with Crippen LogP contribution in [0.4, 0.5) is 4.39 Å². The van der Waals surface area contributed by atoms with Crippen LogP contribution in [0.15, 0.2) is 12.1 Å². The van der Waals surface area contributed by atoms with Crippen molar-refractivity contribution in [1.29, 1.82) is 0 Å². The Morgan fingerprint density at radius 1 is 1.47 bits per heavy atom. The van der Waals surface area contributed by atoms with E-state index in [1.165, 1.54) is 0 Å². The van der Waals surface area contributed by atoms with Gasteiger partial charge in [0.2, 0.25) is 0 Å². The number of carbonyl (C=O) groups is 1. The van der Waals surface area contributed by atoms with E-state index < -0.39 is 30.2 Å². The van der Waals surface area contributed by atoms with Gasteiger partial charge in [0.1, 0.15) is 0 Å². The molecule has 0 aliphatic carbocycles. The molecule has 0 amide bonds. The molecular formula is C8H8BFO5. The molecule has 0 aliphatic rings. The monoisotopic (exact) mass is 214 g/mol. The minimum absolute atomic E-state index is 0.222. The number of benzene rings is 1. The van der Waals surface area contributed by atoms with E-state index in [0.29, 0.717) is 0 Å². The maximum atomic E-state index is 13.4. The zero-order chi connectivity index (χ0) is 11.6. The normalized spacial score (nSPS) is 9.87. The fourth-order valence-electron chi connectivity index (χ4n) is 1.15. The molecule has 0 unspecified atom stereocenters. The predicted molar refractivity (Wildman–Crippen MR) is 49.7 cm³/mol. The first kappa shape index (κ1) is 11.5.